The minimum absolute atomic E-state index is 0.0230. The molecule has 1 unspecified atom stereocenters. The molecule has 0 bridgehead atoms. The summed E-state index contributed by atoms with van der Waals surface area (Å²) < 4.78 is 0. The number of fused-ring (bicyclic) bond motifs is 2. The van der Waals surface area contributed by atoms with Gasteiger partial charge >= 0.3 is 0 Å². The molecular weight excluding hydrogens is 288 g/mol. The first-order chi connectivity index (χ1) is 11.2. The van der Waals surface area contributed by atoms with Crippen LogP contribution in [0.2, 0.25) is 0 Å². The average Bonchev–Trinajstić information content (AvgIpc) is 2.94. The smallest absolute Gasteiger partial charge is 0.248 e. The van der Waals surface area contributed by atoms with Gasteiger partial charge in [0.2, 0.25) is 5.91 Å². The largest absolute Gasteiger partial charge is 0.392 e. The molecule has 2 aromatic carbocycles. The predicted octanol–water partition coefficient (Wildman–Crippen LogP) is 2.56. The van der Waals surface area contributed by atoms with Crippen molar-refractivity contribution in [1.82, 2.24) is 5.32 Å². The lowest BCUT2D eigenvalue weighted by Gasteiger charge is -2.27. The highest BCUT2D eigenvalue weighted by Crippen LogP contribution is 2.37. The van der Waals surface area contributed by atoms with Gasteiger partial charge in [-0.15, -0.1) is 0 Å². The molecule has 1 fully saturated rings. The van der Waals surface area contributed by atoms with Crippen LogP contribution in [0.3, 0.4) is 0 Å². The van der Waals surface area contributed by atoms with E-state index in [1.165, 1.54) is 0 Å². The van der Waals surface area contributed by atoms with Crippen LogP contribution < -0.4 is 10.2 Å². The molecule has 4 nitrogen and oxygen atoms in total. The molecule has 23 heavy (non-hydrogen) atoms. The van der Waals surface area contributed by atoms with Crippen LogP contribution in [-0.2, 0) is 4.79 Å². The fourth-order valence-electron chi connectivity index (χ4n) is 3.27. The molecule has 2 aliphatic rings. The van der Waals surface area contributed by atoms with E-state index in [2.05, 4.69) is 5.32 Å². The second-order valence-corrected chi connectivity index (χ2v) is 5.97. The number of carbonyl (C=O) groups excluding carboxylic acids is 1. The van der Waals surface area contributed by atoms with Crippen molar-refractivity contribution in [2.45, 2.75) is 18.6 Å². The van der Waals surface area contributed by atoms with Crippen molar-refractivity contribution in [3.8, 4) is 0 Å². The summed E-state index contributed by atoms with van der Waals surface area (Å²) in [5.41, 5.74) is 3.77. The SMILES string of the molecule is O=C([C@@H]1CC(O)CN1)N1c2ccccc2C=Cc2ccccc21. The summed E-state index contributed by atoms with van der Waals surface area (Å²) in [4.78, 5) is 14.9. The molecule has 2 atom stereocenters. The first-order valence-electron chi connectivity index (χ1n) is 7.85. The molecule has 2 N–H and O–H groups in total. The van der Waals surface area contributed by atoms with Gasteiger partial charge in [0.15, 0.2) is 0 Å². The highest BCUT2D eigenvalue weighted by Gasteiger charge is 2.34. The summed E-state index contributed by atoms with van der Waals surface area (Å²) in [6, 6.07) is 15.4. The summed E-state index contributed by atoms with van der Waals surface area (Å²) in [5, 5.41) is 12.9. The summed E-state index contributed by atoms with van der Waals surface area (Å²) in [7, 11) is 0. The maximum Gasteiger partial charge on any atom is 0.248 e. The van der Waals surface area contributed by atoms with E-state index in [0.717, 1.165) is 22.5 Å². The number of carbonyl (C=O) groups is 1. The van der Waals surface area contributed by atoms with Gasteiger partial charge in [-0.25, -0.2) is 0 Å². The molecule has 1 saturated heterocycles. The second kappa shape index (κ2) is 5.65. The molecule has 4 rings (SSSR count). The van der Waals surface area contributed by atoms with E-state index in [1.807, 2.05) is 60.7 Å². The van der Waals surface area contributed by atoms with Crippen molar-refractivity contribution in [2.75, 3.05) is 11.4 Å². The molecule has 2 aliphatic heterocycles. The Bertz CT molecular complexity index is 735. The van der Waals surface area contributed by atoms with Crippen molar-refractivity contribution < 1.29 is 9.90 Å². The van der Waals surface area contributed by atoms with Gasteiger partial charge in [0.05, 0.1) is 23.5 Å². The molecular formula is C19H18N2O2. The zero-order valence-corrected chi connectivity index (χ0v) is 12.6. The van der Waals surface area contributed by atoms with Crippen LogP contribution in [0.5, 0.6) is 0 Å². The topological polar surface area (TPSA) is 52.6 Å². The Morgan fingerprint density at radius 1 is 1.00 bits per heavy atom. The summed E-state index contributed by atoms with van der Waals surface area (Å²) in [6.45, 7) is 0.464. The van der Waals surface area contributed by atoms with Gasteiger partial charge in [-0.1, -0.05) is 48.6 Å². The van der Waals surface area contributed by atoms with E-state index in [9.17, 15) is 9.90 Å². The van der Waals surface area contributed by atoms with E-state index in [0.29, 0.717) is 13.0 Å². The van der Waals surface area contributed by atoms with E-state index in [1.54, 1.807) is 4.90 Å². The maximum atomic E-state index is 13.1. The van der Waals surface area contributed by atoms with Gasteiger partial charge in [-0.05, 0) is 29.7 Å². The third-order valence-corrected chi connectivity index (χ3v) is 4.42. The standard InChI is InChI=1S/C19H18N2O2/c22-15-11-16(20-12-15)19(23)21-17-7-3-1-5-13(17)9-10-14-6-2-4-8-18(14)21/h1-10,15-16,20,22H,11-12H2/t15?,16-/m0/s1. The van der Waals surface area contributed by atoms with E-state index >= 15 is 0 Å². The number of hydrogen-bond donors (Lipinski definition) is 2. The Morgan fingerprint density at radius 3 is 2.09 bits per heavy atom. The van der Waals surface area contributed by atoms with Gasteiger partial charge in [0.25, 0.3) is 0 Å². The molecule has 0 saturated carbocycles. The number of anilines is 2. The van der Waals surface area contributed by atoms with Crippen LogP contribution in [0.1, 0.15) is 17.5 Å². The maximum absolute atomic E-state index is 13.1. The fraction of sp³-hybridized carbons (Fsp3) is 0.211. The molecule has 4 heteroatoms. The number of aliphatic hydroxyl groups is 1. The minimum Gasteiger partial charge on any atom is -0.392 e. The van der Waals surface area contributed by atoms with Crippen molar-refractivity contribution in [3.63, 3.8) is 0 Å². The monoisotopic (exact) mass is 306 g/mol. The molecule has 116 valence electrons. The quantitative estimate of drug-likeness (QED) is 0.851. The number of para-hydroxylation sites is 2. The Morgan fingerprint density at radius 2 is 1.57 bits per heavy atom. The van der Waals surface area contributed by atoms with Crippen LogP contribution in [0.25, 0.3) is 12.2 Å². The summed E-state index contributed by atoms with van der Waals surface area (Å²) in [6.07, 6.45) is 4.07. The third-order valence-electron chi connectivity index (χ3n) is 4.42. The first kappa shape index (κ1) is 14.2. The average molecular weight is 306 g/mol. The molecule has 2 aromatic rings. The lowest BCUT2D eigenvalue weighted by atomic mass is 10.1. The highest BCUT2D eigenvalue weighted by atomic mass is 16.3. The number of amides is 1. The molecule has 0 spiro atoms. The second-order valence-electron chi connectivity index (χ2n) is 5.97. The lowest BCUT2D eigenvalue weighted by molar-refractivity contribution is -0.119. The van der Waals surface area contributed by atoms with E-state index in [4.69, 9.17) is 0 Å². The van der Waals surface area contributed by atoms with E-state index < -0.39 is 6.10 Å². The van der Waals surface area contributed by atoms with Crippen LogP contribution in [0.4, 0.5) is 11.4 Å². The number of hydrogen-bond acceptors (Lipinski definition) is 3. The van der Waals surface area contributed by atoms with Crippen molar-refractivity contribution in [3.05, 3.63) is 59.7 Å². The predicted molar refractivity (Wildman–Crippen MR) is 91.4 cm³/mol. The third kappa shape index (κ3) is 2.46. The summed E-state index contributed by atoms with van der Waals surface area (Å²) >= 11 is 0. The van der Waals surface area contributed by atoms with Gasteiger partial charge < -0.3 is 10.4 Å². The number of benzene rings is 2. The van der Waals surface area contributed by atoms with Gasteiger partial charge in [0, 0.05) is 6.54 Å². The Hall–Kier alpha value is -2.43. The Labute approximate surface area is 135 Å². The zero-order valence-electron chi connectivity index (χ0n) is 12.6. The van der Waals surface area contributed by atoms with Crippen molar-refractivity contribution in [2.24, 2.45) is 0 Å². The van der Waals surface area contributed by atoms with Crippen LogP contribution in [-0.4, -0.2) is 29.7 Å². The van der Waals surface area contributed by atoms with Crippen molar-refractivity contribution in [1.29, 1.82) is 0 Å². The van der Waals surface area contributed by atoms with Gasteiger partial charge in [-0.2, -0.15) is 0 Å². The lowest BCUT2D eigenvalue weighted by Crippen LogP contribution is -2.41. The van der Waals surface area contributed by atoms with Gasteiger partial charge in [0.1, 0.15) is 0 Å². The Kier molecular flexibility index (Phi) is 3.48. The normalized spacial score (nSPS) is 22.4. The summed E-state index contributed by atoms with van der Waals surface area (Å²) in [5.74, 6) is -0.0230. The molecule has 1 amide bonds. The molecule has 0 aromatic heterocycles. The van der Waals surface area contributed by atoms with E-state index in [-0.39, 0.29) is 11.9 Å². The molecule has 0 radical (unpaired) electrons. The van der Waals surface area contributed by atoms with Crippen molar-refractivity contribution >= 4 is 29.4 Å². The number of nitrogens with zero attached hydrogens (tertiary/aromatic N) is 1. The number of aliphatic hydroxyl groups excluding tert-OH is 1. The first-order valence-corrected chi connectivity index (χ1v) is 7.85. The Balaban J connectivity index is 1.84. The zero-order chi connectivity index (χ0) is 15.8. The highest BCUT2D eigenvalue weighted by molar-refractivity contribution is 6.08. The minimum atomic E-state index is -0.459. The molecule has 0 aliphatic carbocycles. The number of nitrogens with one attached hydrogen (secondary N) is 1. The van der Waals surface area contributed by atoms with Gasteiger partial charge in [-0.3, -0.25) is 9.69 Å². The number of rotatable bonds is 1. The van der Waals surface area contributed by atoms with Crippen LogP contribution >= 0.6 is 0 Å². The number of β-amino-alcohol motifs (C(OH)–C–C–N with tert-alkyl or cyclic N) is 1. The fourth-order valence-corrected chi connectivity index (χ4v) is 3.27. The molecule has 2 heterocycles. The van der Waals surface area contributed by atoms with Crippen LogP contribution in [0.15, 0.2) is 48.5 Å². The van der Waals surface area contributed by atoms with Crippen LogP contribution in [0, 0.1) is 0 Å².